The first-order valence-electron chi connectivity index (χ1n) is 8.73. The molecular formula is C18H27F2IN4O2. The van der Waals surface area contributed by atoms with E-state index >= 15 is 0 Å². The number of aliphatic imine (C=N–C) groups is 1. The maximum absolute atomic E-state index is 13.7. The second-order valence-corrected chi connectivity index (χ2v) is 6.38. The third kappa shape index (κ3) is 8.37. The van der Waals surface area contributed by atoms with Crippen molar-refractivity contribution in [2.75, 3.05) is 40.3 Å². The van der Waals surface area contributed by atoms with Crippen molar-refractivity contribution >= 4 is 35.8 Å². The number of carbonyl (C=O) groups excluding carboxylic acids is 1. The zero-order valence-corrected chi connectivity index (χ0v) is 18.0. The number of benzene rings is 1. The molecule has 1 aliphatic rings. The van der Waals surface area contributed by atoms with Gasteiger partial charge in [-0.05, 0) is 43.0 Å². The minimum absolute atomic E-state index is 0. The summed E-state index contributed by atoms with van der Waals surface area (Å²) in [6.45, 7) is 1.69. The average molecular weight is 496 g/mol. The predicted molar refractivity (Wildman–Crippen MR) is 111 cm³/mol. The minimum atomic E-state index is -0.469. The molecule has 1 saturated heterocycles. The lowest BCUT2D eigenvalue weighted by Gasteiger charge is -2.16. The summed E-state index contributed by atoms with van der Waals surface area (Å²) < 4.78 is 32.5. The topological polar surface area (TPSA) is 66.0 Å². The largest absolute Gasteiger partial charge is 0.376 e. The zero-order chi connectivity index (χ0) is 18.9. The molecule has 152 valence electrons. The van der Waals surface area contributed by atoms with Gasteiger partial charge in [-0.25, -0.2) is 13.8 Å². The van der Waals surface area contributed by atoms with E-state index in [1.807, 2.05) is 0 Å². The van der Waals surface area contributed by atoms with Gasteiger partial charge < -0.3 is 20.3 Å². The molecule has 9 heteroatoms. The molecule has 6 nitrogen and oxygen atoms in total. The lowest BCUT2D eigenvalue weighted by atomic mass is 10.1. The van der Waals surface area contributed by atoms with Gasteiger partial charge in [0.25, 0.3) is 0 Å². The lowest BCUT2D eigenvalue weighted by molar-refractivity contribution is -0.127. The van der Waals surface area contributed by atoms with Crippen molar-refractivity contribution in [3.05, 3.63) is 35.4 Å². The lowest BCUT2D eigenvalue weighted by Crippen LogP contribution is -2.42. The van der Waals surface area contributed by atoms with E-state index < -0.39 is 11.6 Å². The third-order valence-corrected chi connectivity index (χ3v) is 4.09. The summed E-state index contributed by atoms with van der Waals surface area (Å²) in [6, 6.07) is 3.39. The Balaban J connectivity index is 0.00000364. The summed E-state index contributed by atoms with van der Waals surface area (Å²) in [7, 11) is 3.33. The number of hydrogen-bond acceptors (Lipinski definition) is 3. The van der Waals surface area contributed by atoms with Crippen LogP contribution < -0.4 is 10.6 Å². The van der Waals surface area contributed by atoms with Crippen LogP contribution in [-0.4, -0.2) is 63.2 Å². The number of guanidine groups is 1. The van der Waals surface area contributed by atoms with E-state index in [9.17, 15) is 13.6 Å². The Kier molecular flexibility index (Phi) is 10.5. The molecule has 1 unspecified atom stereocenters. The van der Waals surface area contributed by atoms with E-state index in [1.165, 1.54) is 11.0 Å². The van der Waals surface area contributed by atoms with Crippen molar-refractivity contribution in [3.63, 3.8) is 0 Å². The first kappa shape index (κ1) is 23.5. The molecule has 1 fully saturated rings. The second kappa shape index (κ2) is 12.1. The summed E-state index contributed by atoms with van der Waals surface area (Å²) in [5.74, 6) is -0.586. The number of nitrogens with zero attached hydrogens (tertiary/aromatic N) is 2. The van der Waals surface area contributed by atoms with Crippen LogP contribution in [0, 0.1) is 11.6 Å². The number of amides is 1. The molecule has 27 heavy (non-hydrogen) atoms. The molecule has 0 radical (unpaired) electrons. The predicted octanol–water partition coefficient (Wildman–Crippen LogP) is 1.93. The first-order valence-corrected chi connectivity index (χ1v) is 8.73. The molecule has 0 spiro atoms. The van der Waals surface area contributed by atoms with Crippen LogP contribution in [0.15, 0.2) is 23.2 Å². The monoisotopic (exact) mass is 496 g/mol. The molecule has 1 aliphatic heterocycles. The van der Waals surface area contributed by atoms with Gasteiger partial charge in [-0.15, -0.1) is 24.0 Å². The van der Waals surface area contributed by atoms with Crippen molar-refractivity contribution in [1.29, 1.82) is 0 Å². The average Bonchev–Trinajstić information content (AvgIpc) is 3.12. The van der Waals surface area contributed by atoms with Crippen molar-refractivity contribution in [2.45, 2.75) is 25.4 Å². The van der Waals surface area contributed by atoms with Gasteiger partial charge in [0.05, 0.1) is 6.10 Å². The quantitative estimate of drug-likeness (QED) is 0.344. The Morgan fingerprint density at radius 1 is 1.33 bits per heavy atom. The van der Waals surface area contributed by atoms with Gasteiger partial charge in [-0.1, -0.05) is 0 Å². The normalized spacial score (nSPS) is 16.6. The van der Waals surface area contributed by atoms with Crippen LogP contribution in [0.2, 0.25) is 0 Å². The fraction of sp³-hybridized carbons (Fsp3) is 0.556. The van der Waals surface area contributed by atoms with Gasteiger partial charge in [0.2, 0.25) is 5.91 Å². The fourth-order valence-corrected chi connectivity index (χ4v) is 2.53. The molecule has 0 aromatic heterocycles. The Morgan fingerprint density at radius 2 is 2.11 bits per heavy atom. The maximum atomic E-state index is 13.7. The van der Waals surface area contributed by atoms with Crippen LogP contribution in [0.3, 0.4) is 0 Å². The van der Waals surface area contributed by atoms with Crippen LogP contribution in [0.1, 0.15) is 18.4 Å². The second-order valence-electron chi connectivity index (χ2n) is 6.38. The Bertz CT molecular complexity index is 638. The molecule has 1 heterocycles. The zero-order valence-electron chi connectivity index (χ0n) is 15.6. The summed E-state index contributed by atoms with van der Waals surface area (Å²) in [5, 5.41) is 6.20. The van der Waals surface area contributed by atoms with Crippen molar-refractivity contribution in [3.8, 4) is 0 Å². The van der Waals surface area contributed by atoms with E-state index in [1.54, 1.807) is 14.1 Å². The maximum Gasteiger partial charge on any atom is 0.243 e. The number of rotatable bonds is 7. The van der Waals surface area contributed by atoms with Gasteiger partial charge in [0.1, 0.15) is 18.2 Å². The Morgan fingerprint density at radius 3 is 2.78 bits per heavy atom. The summed E-state index contributed by atoms with van der Waals surface area (Å²) >= 11 is 0. The first-order chi connectivity index (χ1) is 12.5. The standard InChI is InChI=1S/C18H26F2N4O2.HI/c1-24(2)17(25)12-23-18(22-11-15-4-3-9-26-15)21-8-7-13-10-14(19)5-6-16(13)20;/h5-6,10,15H,3-4,7-9,11-12H2,1-2H3,(H2,21,22,23);1H. The molecule has 1 aromatic rings. The Hall–Kier alpha value is -1.49. The number of nitrogens with one attached hydrogen (secondary N) is 2. The molecule has 2 N–H and O–H groups in total. The highest BCUT2D eigenvalue weighted by atomic mass is 127. The molecular weight excluding hydrogens is 469 g/mol. The van der Waals surface area contributed by atoms with Crippen LogP contribution in [-0.2, 0) is 16.0 Å². The van der Waals surface area contributed by atoms with Crippen molar-refractivity contribution < 1.29 is 18.3 Å². The van der Waals surface area contributed by atoms with Crippen molar-refractivity contribution in [2.24, 2.45) is 4.99 Å². The molecule has 0 bridgehead atoms. The van der Waals surface area contributed by atoms with Crippen LogP contribution in [0.5, 0.6) is 0 Å². The van der Waals surface area contributed by atoms with E-state index in [4.69, 9.17) is 4.74 Å². The van der Waals surface area contributed by atoms with Gasteiger partial charge in [-0.2, -0.15) is 0 Å². The van der Waals surface area contributed by atoms with E-state index in [0.717, 1.165) is 31.6 Å². The number of ether oxygens (including phenoxy) is 1. The summed E-state index contributed by atoms with van der Waals surface area (Å²) in [4.78, 5) is 17.5. The minimum Gasteiger partial charge on any atom is -0.376 e. The van der Waals surface area contributed by atoms with Gasteiger partial charge in [0, 0.05) is 33.8 Å². The molecule has 1 amide bonds. The van der Waals surface area contributed by atoms with Gasteiger partial charge in [-0.3, -0.25) is 4.79 Å². The highest BCUT2D eigenvalue weighted by molar-refractivity contribution is 14.0. The highest BCUT2D eigenvalue weighted by Gasteiger charge is 2.16. The third-order valence-electron chi connectivity index (χ3n) is 4.09. The number of carbonyl (C=O) groups is 1. The van der Waals surface area contributed by atoms with E-state index in [0.29, 0.717) is 31.0 Å². The fourth-order valence-electron chi connectivity index (χ4n) is 2.53. The van der Waals surface area contributed by atoms with Crippen LogP contribution >= 0.6 is 24.0 Å². The van der Waals surface area contributed by atoms with Gasteiger partial charge in [0.15, 0.2) is 5.96 Å². The molecule has 1 aromatic carbocycles. The SMILES string of the molecule is CN(C)C(=O)CN=C(NCCc1cc(F)ccc1F)NCC1CCCO1.I. The van der Waals surface area contributed by atoms with E-state index in [2.05, 4.69) is 15.6 Å². The molecule has 1 atom stereocenters. The molecule has 0 saturated carbocycles. The molecule has 2 rings (SSSR count). The summed E-state index contributed by atoms with van der Waals surface area (Å²) in [5.41, 5.74) is 0.292. The van der Waals surface area contributed by atoms with Crippen LogP contribution in [0.4, 0.5) is 8.78 Å². The number of halogens is 3. The van der Waals surface area contributed by atoms with Gasteiger partial charge >= 0.3 is 0 Å². The Labute approximate surface area is 175 Å². The molecule has 0 aliphatic carbocycles. The summed E-state index contributed by atoms with van der Waals surface area (Å²) in [6.07, 6.45) is 2.42. The highest BCUT2D eigenvalue weighted by Crippen LogP contribution is 2.11. The van der Waals surface area contributed by atoms with Crippen molar-refractivity contribution in [1.82, 2.24) is 15.5 Å². The number of likely N-dealkylation sites (N-methyl/N-ethyl adjacent to an activating group) is 1. The smallest absolute Gasteiger partial charge is 0.243 e. The van der Waals surface area contributed by atoms with E-state index in [-0.39, 0.29) is 42.5 Å². The van der Waals surface area contributed by atoms with Crippen LogP contribution in [0.25, 0.3) is 0 Å². The number of hydrogen-bond donors (Lipinski definition) is 2.